The molecule has 0 spiro atoms. The van der Waals surface area contributed by atoms with E-state index < -0.39 is 0 Å². The van der Waals surface area contributed by atoms with E-state index in [0.29, 0.717) is 30.4 Å². The summed E-state index contributed by atoms with van der Waals surface area (Å²) < 4.78 is 22.5. The van der Waals surface area contributed by atoms with Gasteiger partial charge in [-0.25, -0.2) is 0 Å². The number of nitrogens with one attached hydrogen (secondary N) is 1. The van der Waals surface area contributed by atoms with Crippen molar-refractivity contribution in [3.63, 3.8) is 0 Å². The molecule has 31 heavy (non-hydrogen) atoms. The predicted molar refractivity (Wildman–Crippen MR) is 133 cm³/mol. The third-order valence-corrected chi connectivity index (χ3v) is 5.35. The number of aliphatic imine (C=N–C) groups is 1. The molecular weight excluding hydrogens is 509 g/mol. The monoisotopic (exact) mass is 541 g/mol. The third-order valence-electron chi connectivity index (χ3n) is 5.35. The molecule has 0 aliphatic carbocycles. The van der Waals surface area contributed by atoms with E-state index in [1.807, 2.05) is 12.1 Å². The molecule has 8 heteroatoms. The number of benzene rings is 2. The van der Waals surface area contributed by atoms with Crippen molar-refractivity contribution >= 4 is 29.9 Å². The summed E-state index contributed by atoms with van der Waals surface area (Å²) in [6, 6.07) is 12.1. The Morgan fingerprint density at radius 2 is 1.81 bits per heavy atom. The summed E-state index contributed by atoms with van der Waals surface area (Å²) in [6.45, 7) is 4.79. The van der Waals surface area contributed by atoms with Gasteiger partial charge in [0.05, 0.1) is 46.6 Å². The average molecular weight is 541 g/mol. The first-order chi connectivity index (χ1) is 14.6. The van der Waals surface area contributed by atoms with Crippen molar-refractivity contribution in [3.05, 3.63) is 53.1 Å². The fourth-order valence-electron chi connectivity index (χ4n) is 3.73. The van der Waals surface area contributed by atoms with Crippen LogP contribution in [-0.4, -0.2) is 58.9 Å². The number of guanidine groups is 1. The van der Waals surface area contributed by atoms with Crippen molar-refractivity contribution in [2.75, 3.05) is 48.1 Å². The van der Waals surface area contributed by atoms with E-state index in [0.717, 1.165) is 24.6 Å². The average Bonchev–Trinajstić information content (AvgIpc) is 2.79. The van der Waals surface area contributed by atoms with Crippen LogP contribution in [0.1, 0.15) is 22.8 Å². The summed E-state index contributed by atoms with van der Waals surface area (Å²) in [5, 5.41) is 3.45. The van der Waals surface area contributed by atoms with Crippen LogP contribution >= 0.6 is 24.0 Å². The highest BCUT2D eigenvalue weighted by Crippen LogP contribution is 2.34. The molecule has 0 radical (unpaired) electrons. The van der Waals surface area contributed by atoms with Gasteiger partial charge >= 0.3 is 0 Å². The highest BCUT2D eigenvalue weighted by Gasteiger charge is 2.25. The first-order valence-electron chi connectivity index (χ1n) is 10.0. The lowest BCUT2D eigenvalue weighted by molar-refractivity contribution is -0.00834. The zero-order chi connectivity index (χ0) is 21.5. The SMILES string of the molecule is CN=C(NCc1c(OC)cc(OC)cc1OC)N1CCOC(c2ccccc2C)C1.I. The minimum Gasteiger partial charge on any atom is -0.496 e. The topological polar surface area (TPSA) is 64.6 Å². The number of rotatable bonds is 6. The Hall–Kier alpha value is -2.20. The molecule has 2 aromatic rings. The van der Waals surface area contributed by atoms with Crippen LogP contribution in [0.15, 0.2) is 41.4 Å². The fraction of sp³-hybridized carbons (Fsp3) is 0.435. The van der Waals surface area contributed by atoms with Gasteiger partial charge in [-0.05, 0) is 18.1 Å². The Morgan fingerprint density at radius 3 is 2.39 bits per heavy atom. The maximum Gasteiger partial charge on any atom is 0.194 e. The van der Waals surface area contributed by atoms with Crippen molar-refractivity contribution < 1.29 is 18.9 Å². The largest absolute Gasteiger partial charge is 0.496 e. The minimum absolute atomic E-state index is 0. The van der Waals surface area contributed by atoms with Crippen LogP contribution in [0.5, 0.6) is 17.2 Å². The Bertz CT molecular complexity index is 866. The maximum absolute atomic E-state index is 6.05. The van der Waals surface area contributed by atoms with Gasteiger partial charge in [0, 0.05) is 25.7 Å². The molecule has 1 unspecified atom stereocenters. The molecule has 1 atom stereocenters. The van der Waals surface area contributed by atoms with Crippen molar-refractivity contribution in [2.24, 2.45) is 4.99 Å². The molecule has 1 fully saturated rings. The predicted octanol–water partition coefficient (Wildman–Crippen LogP) is 3.79. The van der Waals surface area contributed by atoms with E-state index in [1.165, 1.54) is 11.1 Å². The molecule has 1 aliphatic rings. The van der Waals surface area contributed by atoms with E-state index in [-0.39, 0.29) is 30.1 Å². The Labute approximate surface area is 201 Å². The lowest BCUT2D eigenvalue weighted by atomic mass is 10.0. The first-order valence-corrected chi connectivity index (χ1v) is 10.0. The molecule has 170 valence electrons. The Balaban J connectivity index is 0.00000341. The summed E-state index contributed by atoms with van der Waals surface area (Å²) in [6.07, 6.45) is 0.0172. The molecule has 0 amide bonds. The Morgan fingerprint density at radius 1 is 1.13 bits per heavy atom. The van der Waals surface area contributed by atoms with Gasteiger partial charge in [0.1, 0.15) is 23.4 Å². The van der Waals surface area contributed by atoms with Gasteiger partial charge in [0.15, 0.2) is 5.96 Å². The zero-order valence-corrected chi connectivity index (χ0v) is 21.1. The number of aryl methyl sites for hydroxylation is 1. The van der Waals surface area contributed by atoms with Crippen molar-refractivity contribution in [1.29, 1.82) is 0 Å². The second kappa shape index (κ2) is 12.0. The molecule has 0 bridgehead atoms. The maximum atomic E-state index is 6.05. The highest BCUT2D eigenvalue weighted by molar-refractivity contribution is 14.0. The van der Waals surface area contributed by atoms with Gasteiger partial charge in [-0.1, -0.05) is 24.3 Å². The smallest absolute Gasteiger partial charge is 0.194 e. The molecule has 1 heterocycles. The van der Waals surface area contributed by atoms with Crippen molar-refractivity contribution in [1.82, 2.24) is 10.2 Å². The second-order valence-electron chi connectivity index (χ2n) is 7.07. The van der Waals surface area contributed by atoms with Gasteiger partial charge in [-0.15, -0.1) is 24.0 Å². The van der Waals surface area contributed by atoms with Gasteiger partial charge < -0.3 is 29.2 Å². The summed E-state index contributed by atoms with van der Waals surface area (Å²) in [5.41, 5.74) is 3.36. The summed E-state index contributed by atoms with van der Waals surface area (Å²) in [4.78, 5) is 6.72. The van der Waals surface area contributed by atoms with Crippen LogP contribution in [0.3, 0.4) is 0 Å². The molecule has 2 aromatic carbocycles. The van der Waals surface area contributed by atoms with Crippen LogP contribution in [-0.2, 0) is 11.3 Å². The normalized spacial score (nSPS) is 16.4. The number of morpholine rings is 1. The molecule has 1 N–H and O–H groups in total. The highest BCUT2D eigenvalue weighted by atomic mass is 127. The number of methoxy groups -OCH3 is 3. The number of hydrogen-bond donors (Lipinski definition) is 1. The van der Waals surface area contributed by atoms with E-state index in [1.54, 1.807) is 28.4 Å². The van der Waals surface area contributed by atoms with Crippen LogP contribution in [0.2, 0.25) is 0 Å². The van der Waals surface area contributed by atoms with Gasteiger partial charge in [-0.3, -0.25) is 4.99 Å². The third kappa shape index (κ3) is 5.94. The molecule has 0 saturated carbocycles. The number of hydrogen-bond acceptors (Lipinski definition) is 5. The van der Waals surface area contributed by atoms with Gasteiger partial charge in [0.25, 0.3) is 0 Å². The number of halogens is 1. The molecule has 1 saturated heterocycles. The number of ether oxygens (including phenoxy) is 4. The summed E-state index contributed by atoms with van der Waals surface area (Å²) >= 11 is 0. The lowest BCUT2D eigenvalue weighted by Crippen LogP contribution is -2.48. The van der Waals surface area contributed by atoms with Crippen LogP contribution in [0.25, 0.3) is 0 Å². The molecular formula is C23H32IN3O4. The first kappa shape index (κ1) is 25.1. The summed E-state index contributed by atoms with van der Waals surface area (Å²) in [7, 11) is 6.70. The number of nitrogens with zero attached hydrogens (tertiary/aromatic N) is 2. The molecule has 1 aliphatic heterocycles. The zero-order valence-electron chi connectivity index (χ0n) is 18.8. The summed E-state index contributed by atoms with van der Waals surface area (Å²) in [5.74, 6) is 2.91. The standard InChI is InChI=1S/C23H31N3O4.HI/c1-16-8-6-7-9-18(16)22-15-26(10-11-30-22)23(24-2)25-14-19-20(28-4)12-17(27-3)13-21(19)29-5;/h6-9,12-13,22H,10-11,14-15H2,1-5H3,(H,24,25);1H. The van der Waals surface area contributed by atoms with E-state index in [4.69, 9.17) is 18.9 Å². The lowest BCUT2D eigenvalue weighted by Gasteiger charge is -2.36. The van der Waals surface area contributed by atoms with E-state index in [9.17, 15) is 0 Å². The minimum atomic E-state index is 0. The molecule has 3 rings (SSSR count). The van der Waals surface area contributed by atoms with Crippen LogP contribution < -0.4 is 19.5 Å². The van der Waals surface area contributed by atoms with Crippen LogP contribution in [0, 0.1) is 6.92 Å². The van der Waals surface area contributed by atoms with Gasteiger partial charge in [-0.2, -0.15) is 0 Å². The van der Waals surface area contributed by atoms with Crippen molar-refractivity contribution in [3.8, 4) is 17.2 Å². The Kier molecular flexibility index (Phi) is 9.70. The quantitative estimate of drug-likeness (QED) is 0.341. The van der Waals surface area contributed by atoms with E-state index >= 15 is 0 Å². The second-order valence-corrected chi connectivity index (χ2v) is 7.07. The van der Waals surface area contributed by atoms with E-state index in [2.05, 4.69) is 46.4 Å². The van der Waals surface area contributed by atoms with Gasteiger partial charge in [0.2, 0.25) is 0 Å². The molecule has 7 nitrogen and oxygen atoms in total. The van der Waals surface area contributed by atoms with Crippen LogP contribution in [0.4, 0.5) is 0 Å². The molecule has 0 aromatic heterocycles. The fourth-order valence-corrected chi connectivity index (χ4v) is 3.73. The van der Waals surface area contributed by atoms with Crippen molar-refractivity contribution in [2.45, 2.75) is 19.6 Å².